The molecule has 0 saturated heterocycles. The van der Waals surface area contributed by atoms with Crippen LogP contribution in [0.1, 0.15) is 25.6 Å². The van der Waals surface area contributed by atoms with Crippen LogP contribution in [0, 0.1) is 6.92 Å². The van der Waals surface area contributed by atoms with Crippen LogP contribution in [0.15, 0.2) is 66.9 Å². The van der Waals surface area contributed by atoms with Crippen molar-refractivity contribution in [2.75, 3.05) is 18.2 Å². The Morgan fingerprint density at radius 2 is 1.69 bits per heavy atom. The Bertz CT molecular complexity index is 1480. The van der Waals surface area contributed by atoms with Gasteiger partial charge in [0.2, 0.25) is 0 Å². The number of rotatable bonds is 4. The molecule has 4 aromatic rings. The number of anilines is 1. The lowest BCUT2D eigenvalue weighted by atomic mass is 10.1. The molecule has 2 aliphatic rings. The van der Waals surface area contributed by atoms with Crippen molar-refractivity contribution in [2.45, 2.75) is 6.92 Å². The van der Waals surface area contributed by atoms with Crippen LogP contribution in [0.25, 0.3) is 22.0 Å². The Morgan fingerprint density at radius 3 is 2.40 bits per heavy atom. The number of benzene rings is 2. The molecule has 0 bridgehead atoms. The third kappa shape index (κ3) is 3.48. The van der Waals surface area contributed by atoms with Crippen LogP contribution in [0.2, 0.25) is 0 Å². The van der Waals surface area contributed by atoms with Crippen molar-refractivity contribution < 1.29 is 19.1 Å². The summed E-state index contributed by atoms with van der Waals surface area (Å²) in [6, 6.07) is 17.8. The zero-order valence-corrected chi connectivity index (χ0v) is 19.4. The largest absolute Gasteiger partial charge is 0.482 e. The van der Waals surface area contributed by atoms with Gasteiger partial charge >= 0.3 is 0 Å². The van der Waals surface area contributed by atoms with E-state index in [0.717, 1.165) is 31.7 Å². The molecule has 0 unspecified atom stereocenters. The topological polar surface area (TPSA) is 92.7 Å². The number of aryl methyl sites for hydroxylation is 1. The van der Waals surface area contributed by atoms with Crippen LogP contribution in [-0.2, 0) is 4.79 Å². The number of ether oxygens (including phenoxy) is 1. The summed E-state index contributed by atoms with van der Waals surface area (Å²) in [6.07, 6.45) is 1.73. The van der Waals surface area contributed by atoms with Crippen molar-refractivity contribution in [3.8, 4) is 27.7 Å². The minimum absolute atomic E-state index is 0.172. The lowest BCUT2D eigenvalue weighted by Crippen LogP contribution is -2.47. The fraction of sp³-hybridized carbons (Fsp3) is 0.115. The van der Waals surface area contributed by atoms with Gasteiger partial charge in [-0.15, -0.1) is 11.3 Å². The molecule has 0 aliphatic carbocycles. The molecule has 0 fully saturated rings. The molecule has 2 aliphatic heterocycles. The summed E-state index contributed by atoms with van der Waals surface area (Å²) >= 11 is 1.54. The Morgan fingerprint density at radius 1 is 0.943 bits per heavy atom. The monoisotopic (exact) mass is 482 g/mol. The van der Waals surface area contributed by atoms with Gasteiger partial charge < -0.3 is 4.74 Å². The second-order valence-corrected chi connectivity index (χ2v) is 9.36. The number of hydrogen-bond acceptors (Lipinski definition) is 7. The first-order chi connectivity index (χ1) is 17.0. The fourth-order valence-corrected chi connectivity index (χ4v) is 5.19. The van der Waals surface area contributed by atoms with Crippen molar-refractivity contribution in [3.05, 3.63) is 82.9 Å². The lowest BCUT2D eigenvalue weighted by Gasteiger charge is -2.32. The van der Waals surface area contributed by atoms with Crippen LogP contribution in [0.4, 0.5) is 5.69 Å². The smallest absolute Gasteiger partial charge is 0.266 e. The Hall–Kier alpha value is -4.37. The van der Waals surface area contributed by atoms with E-state index in [0.29, 0.717) is 22.6 Å². The molecule has 8 nitrogen and oxygen atoms in total. The maximum Gasteiger partial charge on any atom is 0.266 e. The molecule has 2 aromatic heterocycles. The predicted molar refractivity (Wildman–Crippen MR) is 130 cm³/mol. The van der Waals surface area contributed by atoms with Gasteiger partial charge in [-0.05, 0) is 49.4 Å². The number of hydrogen-bond donors (Lipinski definition) is 0. The van der Waals surface area contributed by atoms with Gasteiger partial charge in [0, 0.05) is 16.6 Å². The molecular formula is C26H18N4O4S. The summed E-state index contributed by atoms with van der Waals surface area (Å²) in [6.45, 7) is 1.62. The van der Waals surface area contributed by atoms with Crippen LogP contribution < -0.4 is 9.64 Å². The lowest BCUT2D eigenvalue weighted by molar-refractivity contribution is -0.121. The number of fused-ring (bicyclic) bond motifs is 2. The molecule has 0 N–H and O–H groups in total. The number of carbonyl (C=O) groups is 3. The summed E-state index contributed by atoms with van der Waals surface area (Å²) in [4.78, 5) is 51.3. The molecule has 0 radical (unpaired) electrons. The molecule has 3 amide bonds. The van der Waals surface area contributed by atoms with E-state index in [1.165, 1.54) is 16.2 Å². The predicted octanol–water partition coefficient (Wildman–Crippen LogP) is 4.16. The second-order valence-electron chi connectivity index (χ2n) is 8.16. The van der Waals surface area contributed by atoms with Gasteiger partial charge in [-0.3, -0.25) is 29.2 Å². The van der Waals surface area contributed by atoms with Crippen LogP contribution in [-0.4, -0.2) is 45.9 Å². The third-order valence-electron chi connectivity index (χ3n) is 6.02. The van der Waals surface area contributed by atoms with E-state index in [4.69, 9.17) is 9.72 Å². The number of pyridine rings is 1. The molecule has 172 valence electrons. The van der Waals surface area contributed by atoms with E-state index in [1.54, 1.807) is 36.5 Å². The molecule has 9 heteroatoms. The SMILES string of the molecule is Cc1sc(-c2ccccn2)nc1-c1ccc2c(c1)N(CN1C(=O)c3ccccc3C1=O)C(=O)CO2. The third-order valence-corrected chi connectivity index (χ3v) is 7.01. The summed E-state index contributed by atoms with van der Waals surface area (Å²) in [5.74, 6) is -0.672. The van der Waals surface area contributed by atoms with Crippen LogP contribution in [0.5, 0.6) is 5.75 Å². The number of amides is 3. The van der Waals surface area contributed by atoms with Crippen molar-refractivity contribution in [1.29, 1.82) is 0 Å². The maximum absolute atomic E-state index is 12.9. The summed E-state index contributed by atoms with van der Waals surface area (Å²) < 4.78 is 5.63. The highest BCUT2D eigenvalue weighted by atomic mass is 32.1. The number of carbonyl (C=O) groups excluding carboxylic acids is 3. The number of aromatic nitrogens is 2. The highest BCUT2D eigenvalue weighted by molar-refractivity contribution is 7.15. The molecule has 0 saturated carbocycles. The van der Waals surface area contributed by atoms with Crippen LogP contribution in [0.3, 0.4) is 0 Å². The number of imide groups is 1. The average Bonchev–Trinajstić information content (AvgIpc) is 3.39. The molecule has 6 rings (SSSR count). The van der Waals surface area contributed by atoms with Gasteiger partial charge in [0.15, 0.2) is 6.61 Å². The Kier molecular flexibility index (Phi) is 4.93. The van der Waals surface area contributed by atoms with Gasteiger partial charge in [-0.25, -0.2) is 4.98 Å². The molecule has 0 atom stereocenters. The molecule has 35 heavy (non-hydrogen) atoms. The Labute approximate surface area is 204 Å². The summed E-state index contributed by atoms with van der Waals surface area (Å²) in [5, 5.41) is 0.797. The second kappa shape index (κ2) is 8.14. The minimum Gasteiger partial charge on any atom is -0.482 e. The van der Waals surface area contributed by atoms with Gasteiger partial charge in [-0.2, -0.15) is 0 Å². The first-order valence-corrected chi connectivity index (χ1v) is 11.7. The van der Waals surface area contributed by atoms with Gasteiger partial charge in [0.25, 0.3) is 17.7 Å². The number of thiazole rings is 1. The highest BCUT2D eigenvalue weighted by Crippen LogP contribution is 2.39. The standard InChI is InChI=1S/C26H18N4O4S/c1-15-23(28-24(35-15)19-8-4-5-11-27-19)16-9-10-21-20(12-16)29(22(31)13-34-21)14-30-25(32)17-6-2-3-7-18(17)26(30)33/h2-12H,13-14H2,1H3. The van der Waals surface area contributed by atoms with Crippen molar-refractivity contribution in [2.24, 2.45) is 0 Å². The molecular weight excluding hydrogens is 464 g/mol. The highest BCUT2D eigenvalue weighted by Gasteiger charge is 2.38. The summed E-state index contributed by atoms with van der Waals surface area (Å²) in [5.41, 5.74) is 3.53. The number of nitrogens with zero attached hydrogens (tertiary/aromatic N) is 4. The molecule has 0 spiro atoms. The van der Waals surface area contributed by atoms with E-state index in [2.05, 4.69) is 4.98 Å². The summed E-state index contributed by atoms with van der Waals surface area (Å²) in [7, 11) is 0. The minimum atomic E-state index is -0.419. The molecule has 4 heterocycles. The molecule has 2 aromatic carbocycles. The maximum atomic E-state index is 12.9. The van der Waals surface area contributed by atoms with Gasteiger partial charge in [0.05, 0.1) is 28.2 Å². The van der Waals surface area contributed by atoms with Gasteiger partial charge in [-0.1, -0.05) is 18.2 Å². The van der Waals surface area contributed by atoms with E-state index < -0.39 is 11.8 Å². The fourth-order valence-electron chi connectivity index (χ4n) is 4.28. The zero-order valence-electron chi connectivity index (χ0n) is 18.6. The zero-order chi connectivity index (χ0) is 24.1. The van der Waals surface area contributed by atoms with Crippen molar-refractivity contribution in [3.63, 3.8) is 0 Å². The average molecular weight is 483 g/mol. The first kappa shape index (κ1) is 21.2. The quantitative estimate of drug-likeness (QED) is 0.406. The Balaban J connectivity index is 1.36. The normalized spacial score (nSPS) is 14.7. The van der Waals surface area contributed by atoms with Crippen molar-refractivity contribution >= 4 is 34.7 Å². The first-order valence-electron chi connectivity index (χ1n) is 10.9. The van der Waals surface area contributed by atoms with E-state index in [1.807, 2.05) is 37.3 Å². The van der Waals surface area contributed by atoms with E-state index in [9.17, 15) is 14.4 Å². The van der Waals surface area contributed by atoms with Gasteiger partial charge in [0.1, 0.15) is 17.4 Å². The van der Waals surface area contributed by atoms with Crippen LogP contribution >= 0.6 is 11.3 Å². The van der Waals surface area contributed by atoms with E-state index in [-0.39, 0.29) is 19.2 Å². The van der Waals surface area contributed by atoms with Crippen molar-refractivity contribution in [1.82, 2.24) is 14.9 Å². The van der Waals surface area contributed by atoms with E-state index >= 15 is 0 Å².